The predicted molar refractivity (Wildman–Crippen MR) is 101 cm³/mol. The lowest BCUT2D eigenvalue weighted by molar-refractivity contribution is -0.113. The molecule has 1 amide bonds. The minimum atomic E-state index is -0.319. The second-order valence-corrected chi connectivity index (χ2v) is 7.20. The van der Waals surface area contributed by atoms with E-state index in [2.05, 4.69) is 26.3 Å². The topological polar surface area (TPSA) is 46.9 Å². The Morgan fingerprint density at radius 2 is 1.92 bits per heavy atom. The third-order valence-corrected chi connectivity index (χ3v) is 5.00. The highest BCUT2D eigenvalue weighted by Crippen LogP contribution is 2.21. The summed E-state index contributed by atoms with van der Waals surface area (Å²) in [5.41, 5.74) is 1.07. The van der Waals surface area contributed by atoms with Crippen molar-refractivity contribution in [2.24, 2.45) is 0 Å². The predicted octanol–water partition coefficient (Wildman–Crippen LogP) is 4.56. The molecule has 0 spiro atoms. The molecule has 0 saturated heterocycles. The fourth-order valence-electron chi connectivity index (χ4n) is 2.21. The second kappa shape index (κ2) is 8.31. The van der Waals surface area contributed by atoms with Gasteiger partial charge in [0.15, 0.2) is 0 Å². The molecule has 0 radical (unpaired) electrons. The molecule has 3 rings (SSSR count). The molecule has 0 unspecified atom stereocenters. The molecule has 0 fully saturated rings. The van der Waals surface area contributed by atoms with Gasteiger partial charge >= 0.3 is 0 Å². The van der Waals surface area contributed by atoms with Gasteiger partial charge in [-0.05, 0) is 29.8 Å². The van der Waals surface area contributed by atoms with Crippen molar-refractivity contribution in [1.82, 2.24) is 9.78 Å². The average Bonchev–Trinajstić information content (AvgIpc) is 3.03. The Labute approximate surface area is 157 Å². The third-order valence-electron chi connectivity index (χ3n) is 3.43. The number of benzene rings is 2. The lowest BCUT2D eigenvalue weighted by Crippen LogP contribution is -2.17. The molecule has 2 aromatic carbocycles. The normalized spacial score (nSPS) is 10.6. The number of hydrogen-bond donors (Lipinski definition) is 1. The van der Waals surface area contributed by atoms with Crippen LogP contribution in [0.5, 0.6) is 0 Å². The molecule has 0 saturated carbocycles. The van der Waals surface area contributed by atoms with Crippen molar-refractivity contribution in [3.63, 3.8) is 0 Å². The summed E-state index contributed by atoms with van der Waals surface area (Å²) >= 11 is 4.57. The van der Waals surface area contributed by atoms with Gasteiger partial charge in [-0.3, -0.25) is 4.79 Å². The van der Waals surface area contributed by atoms with Crippen LogP contribution in [-0.2, 0) is 11.3 Å². The van der Waals surface area contributed by atoms with E-state index in [-0.39, 0.29) is 17.5 Å². The molecule has 0 aliphatic heterocycles. The van der Waals surface area contributed by atoms with Gasteiger partial charge in [-0.15, -0.1) is 11.8 Å². The standard InChI is InChI=1S/C18H15BrFN3OS/c19-14-7-5-13(6-8-14)11-23-17(9-10-21-23)22-18(24)12-25-16-4-2-1-3-15(16)20/h1-10H,11-12H2,(H,22,24). The molecule has 4 nitrogen and oxygen atoms in total. The van der Waals surface area contributed by atoms with Crippen LogP contribution in [0, 0.1) is 5.82 Å². The maximum absolute atomic E-state index is 13.6. The summed E-state index contributed by atoms with van der Waals surface area (Å²) in [6.45, 7) is 0.552. The van der Waals surface area contributed by atoms with Gasteiger partial charge < -0.3 is 5.32 Å². The van der Waals surface area contributed by atoms with Crippen molar-refractivity contribution >= 4 is 39.4 Å². The van der Waals surface area contributed by atoms with E-state index in [4.69, 9.17) is 0 Å². The van der Waals surface area contributed by atoms with Gasteiger partial charge in [0.1, 0.15) is 11.6 Å². The molecule has 0 aliphatic rings. The summed E-state index contributed by atoms with van der Waals surface area (Å²) in [6, 6.07) is 16.1. The van der Waals surface area contributed by atoms with E-state index in [1.54, 1.807) is 35.1 Å². The molecule has 0 bridgehead atoms. The maximum atomic E-state index is 13.6. The molecule has 3 aromatic rings. The number of nitrogens with zero attached hydrogens (tertiary/aromatic N) is 2. The second-order valence-electron chi connectivity index (χ2n) is 5.27. The number of hydrogen-bond acceptors (Lipinski definition) is 3. The largest absolute Gasteiger partial charge is 0.310 e. The summed E-state index contributed by atoms with van der Waals surface area (Å²) in [5, 5.41) is 7.06. The van der Waals surface area contributed by atoms with Crippen LogP contribution in [0.15, 0.2) is 70.2 Å². The molecule has 7 heteroatoms. The van der Waals surface area contributed by atoms with Gasteiger partial charge in [0.05, 0.1) is 18.5 Å². The van der Waals surface area contributed by atoms with Crippen molar-refractivity contribution < 1.29 is 9.18 Å². The number of carbonyl (C=O) groups is 1. The quantitative estimate of drug-likeness (QED) is 0.595. The number of halogens is 2. The Morgan fingerprint density at radius 1 is 1.16 bits per heavy atom. The van der Waals surface area contributed by atoms with Crippen LogP contribution in [0.3, 0.4) is 0 Å². The van der Waals surface area contributed by atoms with Crippen LogP contribution in [0.2, 0.25) is 0 Å². The summed E-state index contributed by atoms with van der Waals surface area (Å²) in [4.78, 5) is 12.6. The van der Waals surface area contributed by atoms with Crippen molar-refractivity contribution in [3.8, 4) is 0 Å². The highest BCUT2D eigenvalue weighted by molar-refractivity contribution is 9.10. The number of amides is 1. The fourth-order valence-corrected chi connectivity index (χ4v) is 3.22. The van der Waals surface area contributed by atoms with Gasteiger partial charge in [0.2, 0.25) is 5.91 Å². The maximum Gasteiger partial charge on any atom is 0.235 e. The Balaban J connectivity index is 1.59. The summed E-state index contributed by atoms with van der Waals surface area (Å²) in [7, 11) is 0. The first-order valence-corrected chi connectivity index (χ1v) is 9.33. The fraction of sp³-hybridized carbons (Fsp3) is 0.111. The van der Waals surface area contributed by atoms with Gasteiger partial charge in [-0.2, -0.15) is 5.10 Å². The molecule has 1 aromatic heterocycles. The zero-order valence-electron chi connectivity index (χ0n) is 13.2. The van der Waals surface area contributed by atoms with Crippen molar-refractivity contribution in [3.05, 3.63) is 76.6 Å². The summed E-state index contributed by atoms with van der Waals surface area (Å²) in [5.74, 6) is 0.221. The number of nitrogens with one attached hydrogen (secondary N) is 1. The minimum Gasteiger partial charge on any atom is -0.310 e. The molecule has 1 heterocycles. The van der Waals surface area contributed by atoms with Crippen LogP contribution < -0.4 is 5.32 Å². The Hall–Kier alpha value is -2.12. The highest BCUT2D eigenvalue weighted by Gasteiger charge is 2.10. The van der Waals surface area contributed by atoms with E-state index in [9.17, 15) is 9.18 Å². The van der Waals surface area contributed by atoms with Crippen molar-refractivity contribution in [2.45, 2.75) is 11.4 Å². The van der Waals surface area contributed by atoms with Gasteiger partial charge in [-0.1, -0.05) is 40.2 Å². The Bertz CT molecular complexity index is 867. The Morgan fingerprint density at radius 3 is 2.68 bits per heavy atom. The Kier molecular flexibility index (Phi) is 5.88. The van der Waals surface area contributed by atoms with Crippen LogP contribution in [0.4, 0.5) is 10.2 Å². The minimum absolute atomic E-state index is 0.129. The number of aromatic nitrogens is 2. The first-order valence-electron chi connectivity index (χ1n) is 7.55. The number of carbonyl (C=O) groups excluding carboxylic acids is 1. The number of rotatable bonds is 6. The molecule has 128 valence electrons. The van der Waals surface area contributed by atoms with Crippen LogP contribution in [0.1, 0.15) is 5.56 Å². The smallest absolute Gasteiger partial charge is 0.235 e. The van der Waals surface area contributed by atoms with E-state index < -0.39 is 0 Å². The molecular weight excluding hydrogens is 405 g/mol. The van der Waals surface area contributed by atoms with E-state index in [0.29, 0.717) is 17.3 Å². The van der Waals surface area contributed by atoms with Crippen LogP contribution in [-0.4, -0.2) is 21.4 Å². The lowest BCUT2D eigenvalue weighted by Gasteiger charge is -2.09. The SMILES string of the molecule is O=C(CSc1ccccc1F)Nc1ccnn1Cc1ccc(Br)cc1. The van der Waals surface area contributed by atoms with E-state index in [0.717, 1.165) is 10.0 Å². The van der Waals surface area contributed by atoms with Gasteiger partial charge in [-0.25, -0.2) is 9.07 Å². The zero-order chi connectivity index (χ0) is 17.6. The summed E-state index contributed by atoms with van der Waals surface area (Å²) in [6.07, 6.45) is 1.64. The van der Waals surface area contributed by atoms with Gasteiger partial charge in [0.25, 0.3) is 0 Å². The lowest BCUT2D eigenvalue weighted by atomic mass is 10.2. The monoisotopic (exact) mass is 419 g/mol. The molecular formula is C18H15BrFN3OS. The number of anilines is 1. The molecule has 0 aliphatic carbocycles. The van der Waals surface area contributed by atoms with Crippen molar-refractivity contribution in [2.75, 3.05) is 11.1 Å². The van der Waals surface area contributed by atoms with E-state index in [1.807, 2.05) is 24.3 Å². The first-order chi connectivity index (χ1) is 12.1. The zero-order valence-corrected chi connectivity index (χ0v) is 15.6. The van der Waals surface area contributed by atoms with E-state index in [1.165, 1.54) is 17.8 Å². The van der Waals surface area contributed by atoms with Crippen LogP contribution in [0.25, 0.3) is 0 Å². The molecule has 1 N–H and O–H groups in total. The number of thioether (sulfide) groups is 1. The average molecular weight is 420 g/mol. The highest BCUT2D eigenvalue weighted by atomic mass is 79.9. The summed E-state index contributed by atoms with van der Waals surface area (Å²) < 4.78 is 16.3. The van der Waals surface area contributed by atoms with E-state index >= 15 is 0 Å². The molecule has 25 heavy (non-hydrogen) atoms. The third kappa shape index (κ3) is 4.93. The first kappa shape index (κ1) is 17.7. The molecule has 0 atom stereocenters. The van der Waals surface area contributed by atoms with Crippen LogP contribution >= 0.6 is 27.7 Å². The van der Waals surface area contributed by atoms with Gasteiger partial charge in [0, 0.05) is 15.4 Å². The van der Waals surface area contributed by atoms with Crippen molar-refractivity contribution in [1.29, 1.82) is 0 Å².